The fourth-order valence-electron chi connectivity index (χ4n) is 4.91. The van der Waals surface area contributed by atoms with E-state index in [0.717, 1.165) is 33.4 Å². The molecule has 7 aromatic rings. The van der Waals surface area contributed by atoms with Crippen LogP contribution in [0.4, 0.5) is 0 Å². The van der Waals surface area contributed by atoms with E-state index < -0.39 is 0 Å². The van der Waals surface area contributed by atoms with Crippen molar-refractivity contribution in [2.75, 3.05) is 0 Å². The lowest BCUT2D eigenvalue weighted by atomic mass is 10.0. The summed E-state index contributed by atoms with van der Waals surface area (Å²) in [6.07, 6.45) is 5.62. The molecule has 178 valence electrons. The van der Waals surface area contributed by atoms with Crippen LogP contribution in [0, 0.1) is 0 Å². The minimum atomic E-state index is 0.667. The number of aromatic nitrogens is 4. The molecule has 0 fully saturated rings. The molecule has 0 unspecified atom stereocenters. The van der Waals surface area contributed by atoms with E-state index in [2.05, 4.69) is 94.5 Å². The van der Waals surface area contributed by atoms with Gasteiger partial charge in [0.05, 0.1) is 16.7 Å². The fraction of sp³-hybridized carbons (Fsp3) is 0.0606. The smallest absolute Gasteiger partial charge is 0.234 e. The van der Waals surface area contributed by atoms with Gasteiger partial charge in [0.1, 0.15) is 0 Å². The largest absolute Gasteiger partial charge is 0.278 e. The highest BCUT2D eigenvalue weighted by molar-refractivity contribution is 6.21. The molecule has 3 aromatic heterocycles. The number of benzene rings is 4. The van der Waals surface area contributed by atoms with Crippen molar-refractivity contribution in [1.82, 2.24) is 19.5 Å². The number of fused-ring (bicyclic) bond motifs is 5. The molecule has 0 bridgehead atoms. The molecule has 4 aromatic carbocycles. The SMILES string of the molecule is CC.c1ccc(-c2ccc(-c3cnc(-n4c5ccccc5c5c6ccccc6ccc54)nc3)cc2)nc1. The van der Waals surface area contributed by atoms with Crippen molar-refractivity contribution in [1.29, 1.82) is 0 Å². The van der Waals surface area contributed by atoms with Gasteiger partial charge in [-0.15, -0.1) is 0 Å². The predicted octanol–water partition coefficient (Wildman–Crippen LogP) is 8.48. The number of para-hydroxylation sites is 1. The third kappa shape index (κ3) is 3.93. The number of pyridine rings is 1. The Bertz CT molecular complexity index is 1820. The fourth-order valence-corrected chi connectivity index (χ4v) is 4.91. The van der Waals surface area contributed by atoms with Gasteiger partial charge in [0.15, 0.2) is 0 Å². The third-order valence-corrected chi connectivity index (χ3v) is 6.58. The van der Waals surface area contributed by atoms with Crippen molar-refractivity contribution in [2.24, 2.45) is 0 Å². The molecule has 0 saturated carbocycles. The Kier molecular flexibility index (Phi) is 5.91. The highest BCUT2D eigenvalue weighted by Crippen LogP contribution is 2.36. The van der Waals surface area contributed by atoms with E-state index in [1.54, 1.807) is 0 Å². The second-order valence-electron chi connectivity index (χ2n) is 8.60. The molecule has 0 spiro atoms. The zero-order valence-electron chi connectivity index (χ0n) is 20.8. The molecule has 0 aliphatic heterocycles. The molecule has 0 radical (unpaired) electrons. The molecular weight excluding hydrogens is 452 g/mol. The van der Waals surface area contributed by atoms with Gasteiger partial charge in [0.2, 0.25) is 5.95 Å². The van der Waals surface area contributed by atoms with Crippen LogP contribution in [0.15, 0.2) is 122 Å². The molecule has 0 amide bonds. The van der Waals surface area contributed by atoms with Gasteiger partial charge in [-0.25, -0.2) is 9.97 Å². The Morgan fingerprint density at radius 3 is 1.95 bits per heavy atom. The van der Waals surface area contributed by atoms with Crippen LogP contribution < -0.4 is 0 Å². The zero-order valence-corrected chi connectivity index (χ0v) is 20.8. The first-order valence-corrected chi connectivity index (χ1v) is 12.6. The van der Waals surface area contributed by atoms with Gasteiger partial charge in [-0.3, -0.25) is 9.55 Å². The summed E-state index contributed by atoms with van der Waals surface area (Å²) in [7, 11) is 0. The van der Waals surface area contributed by atoms with E-state index >= 15 is 0 Å². The van der Waals surface area contributed by atoms with Gasteiger partial charge in [-0.2, -0.15) is 0 Å². The van der Waals surface area contributed by atoms with Crippen LogP contribution in [0.1, 0.15) is 13.8 Å². The zero-order chi connectivity index (χ0) is 25.2. The Balaban J connectivity index is 0.00000123. The molecule has 0 atom stereocenters. The van der Waals surface area contributed by atoms with Crippen LogP contribution in [-0.4, -0.2) is 19.5 Å². The summed E-state index contributed by atoms with van der Waals surface area (Å²) in [6.45, 7) is 4.00. The number of nitrogens with zero attached hydrogens (tertiary/aromatic N) is 4. The van der Waals surface area contributed by atoms with E-state index in [1.165, 1.54) is 21.5 Å². The minimum Gasteiger partial charge on any atom is -0.278 e. The van der Waals surface area contributed by atoms with Crippen LogP contribution in [-0.2, 0) is 0 Å². The van der Waals surface area contributed by atoms with Gasteiger partial charge in [0, 0.05) is 40.5 Å². The number of rotatable bonds is 3. The summed E-state index contributed by atoms with van der Waals surface area (Å²) in [5.74, 6) is 0.667. The maximum Gasteiger partial charge on any atom is 0.234 e. The first kappa shape index (κ1) is 22.6. The van der Waals surface area contributed by atoms with Gasteiger partial charge < -0.3 is 0 Å². The Labute approximate surface area is 215 Å². The predicted molar refractivity (Wildman–Crippen MR) is 154 cm³/mol. The second kappa shape index (κ2) is 9.67. The monoisotopic (exact) mass is 478 g/mol. The molecule has 0 aliphatic carbocycles. The molecule has 37 heavy (non-hydrogen) atoms. The van der Waals surface area contributed by atoms with Crippen molar-refractivity contribution in [3.8, 4) is 28.3 Å². The van der Waals surface area contributed by atoms with Crippen molar-refractivity contribution < 1.29 is 0 Å². The highest BCUT2D eigenvalue weighted by atomic mass is 15.1. The lowest BCUT2D eigenvalue weighted by Crippen LogP contribution is -2.00. The summed E-state index contributed by atoms with van der Waals surface area (Å²) in [6, 6.07) is 35.6. The molecule has 4 nitrogen and oxygen atoms in total. The van der Waals surface area contributed by atoms with Crippen molar-refractivity contribution in [2.45, 2.75) is 13.8 Å². The average Bonchev–Trinajstić information content (AvgIpc) is 3.34. The van der Waals surface area contributed by atoms with E-state index in [4.69, 9.17) is 9.97 Å². The number of hydrogen-bond acceptors (Lipinski definition) is 3. The van der Waals surface area contributed by atoms with E-state index in [-0.39, 0.29) is 0 Å². The molecular formula is C33H26N4. The molecule has 3 heterocycles. The van der Waals surface area contributed by atoms with Crippen LogP contribution in [0.25, 0.3) is 60.9 Å². The van der Waals surface area contributed by atoms with Gasteiger partial charge in [-0.1, -0.05) is 92.7 Å². The molecule has 0 saturated heterocycles. The summed E-state index contributed by atoms with van der Waals surface area (Å²) in [5.41, 5.74) is 6.31. The Morgan fingerprint density at radius 1 is 0.514 bits per heavy atom. The van der Waals surface area contributed by atoms with Gasteiger partial charge >= 0.3 is 0 Å². The summed E-state index contributed by atoms with van der Waals surface area (Å²) in [4.78, 5) is 14.0. The Morgan fingerprint density at radius 2 is 1.19 bits per heavy atom. The minimum absolute atomic E-state index is 0.667. The topological polar surface area (TPSA) is 43.6 Å². The van der Waals surface area contributed by atoms with E-state index in [0.29, 0.717) is 5.95 Å². The first-order valence-electron chi connectivity index (χ1n) is 12.6. The van der Waals surface area contributed by atoms with Gasteiger partial charge in [0.25, 0.3) is 0 Å². The quantitative estimate of drug-likeness (QED) is 0.256. The lowest BCUT2D eigenvalue weighted by Gasteiger charge is -2.08. The molecule has 0 N–H and O–H groups in total. The maximum atomic E-state index is 4.80. The molecule has 7 rings (SSSR count). The standard InChI is InChI=1S/C31H20N4.C2H6/c1-2-8-25-22(7-1)16-17-29-30(25)26-9-3-4-11-28(26)35(29)31-33-19-24(20-34-31)21-12-14-23(15-13-21)27-10-5-6-18-32-27;1-2/h1-20H;1-2H3. The third-order valence-electron chi connectivity index (χ3n) is 6.58. The molecule has 0 aliphatic rings. The first-order chi connectivity index (χ1) is 18.4. The summed E-state index contributed by atoms with van der Waals surface area (Å²) >= 11 is 0. The summed E-state index contributed by atoms with van der Waals surface area (Å²) < 4.78 is 2.16. The van der Waals surface area contributed by atoms with Crippen molar-refractivity contribution >= 4 is 32.6 Å². The van der Waals surface area contributed by atoms with Crippen LogP contribution in [0.2, 0.25) is 0 Å². The Hall–Kier alpha value is -4.83. The second-order valence-corrected chi connectivity index (χ2v) is 8.60. The van der Waals surface area contributed by atoms with Crippen LogP contribution in [0.3, 0.4) is 0 Å². The van der Waals surface area contributed by atoms with E-state index in [9.17, 15) is 0 Å². The van der Waals surface area contributed by atoms with Crippen LogP contribution in [0.5, 0.6) is 0 Å². The van der Waals surface area contributed by atoms with E-state index in [1.807, 2.05) is 50.6 Å². The van der Waals surface area contributed by atoms with Crippen molar-refractivity contribution in [3.05, 3.63) is 122 Å². The van der Waals surface area contributed by atoms with Crippen LogP contribution >= 0.6 is 0 Å². The average molecular weight is 479 g/mol. The van der Waals surface area contributed by atoms with Gasteiger partial charge in [-0.05, 0) is 40.6 Å². The highest BCUT2D eigenvalue weighted by Gasteiger charge is 2.16. The summed E-state index contributed by atoms with van der Waals surface area (Å²) in [5, 5.41) is 4.91. The maximum absolute atomic E-state index is 4.80. The molecule has 4 heteroatoms. The van der Waals surface area contributed by atoms with Crippen molar-refractivity contribution in [3.63, 3.8) is 0 Å². The lowest BCUT2D eigenvalue weighted by molar-refractivity contribution is 0.990. The number of hydrogen-bond donors (Lipinski definition) is 0. The normalized spacial score (nSPS) is 11.0.